The summed E-state index contributed by atoms with van der Waals surface area (Å²) in [6.45, 7) is 3.72. The van der Waals surface area contributed by atoms with Gasteiger partial charge >= 0.3 is 11.9 Å². The molecule has 0 heterocycles. The molecule has 0 spiro atoms. The van der Waals surface area contributed by atoms with Crippen molar-refractivity contribution >= 4 is 24.1 Å². The van der Waals surface area contributed by atoms with Crippen LogP contribution in [0.15, 0.2) is 102 Å². The first-order valence-electron chi connectivity index (χ1n) is 12.1. The number of aryl methyl sites for hydroxylation is 2. The molecule has 0 saturated heterocycles. The molecule has 1 N–H and O–H groups in total. The molecule has 8 heteroatoms. The van der Waals surface area contributed by atoms with Crippen molar-refractivity contribution < 1.29 is 28.6 Å². The van der Waals surface area contributed by atoms with Crippen LogP contribution >= 0.6 is 0 Å². The number of nitrogens with zero attached hydrogens (tertiary/aromatic N) is 1. The van der Waals surface area contributed by atoms with E-state index in [0.717, 1.165) is 11.1 Å². The molecule has 0 aliphatic rings. The van der Waals surface area contributed by atoms with E-state index < -0.39 is 17.8 Å². The van der Waals surface area contributed by atoms with Gasteiger partial charge in [0, 0.05) is 11.6 Å². The van der Waals surface area contributed by atoms with E-state index in [9.17, 15) is 14.4 Å². The summed E-state index contributed by atoms with van der Waals surface area (Å²) in [5, 5.41) is 3.96. The quantitative estimate of drug-likeness (QED) is 0.139. The van der Waals surface area contributed by atoms with Gasteiger partial charge in [-0.05, 0) is 73.5 Å². The smallest absolute Gasteiger partial charge is 0.343 e. The van der Waals surface area contributed by atoms with Crippen molar-refractivity contribution in [3.63, 3.8) is 0 Å². The van der Waals surface area contributed by atoms with Crippen molar-refractivity contribution in [2.45, 2.75) is 13.8 Å². The largest absolute Gasteiger partial charge is 0.484 e. The van der Waals surface area contributed by atoms with Crippen LogP contribution in [0.4, 0.5) is 0 Å². The Morgan fingerprint density at radius 1 is 0.718 bits per heavy atom. The Hall–Kier alpha value is -5.24. The Morgan fingerprint density at radius 2 is 1.33 bits per heavy atom. The molecule has 4 rings (SSSR count). The zero-order valence-corrected chi connectivity index (χ0v) is 21.4. The second-order valence-corrected chi connectivity index (χ2v) is 8.54. The van der Waals surface area contributed by atoms with Crippen LogP contribution < -0.4 is 19.6 Å². The Morgan fingerprint density at radius 3 is 1.97 bits per heavy atom. The number of benzene rings is 4. The molecule has 0 fully saturated rings. The highest BCUT2D eigenvalue weighted by Crippen LogP contribution is 2.26. The zero-order chi connectivity index (χ0) is 27.6. The fourth-order valence-electron chi connectivity index (χ4n) is 3.41. The lowest BCUT2D eigenvalue weighted by molar-refractivity contribution is -0.123. The molecule has 0 aliphatic carbocycles. The van der Waals surface area contributed by atoms with E-state index in [1.54, 1.807) is 72.8 Å². The zero-order valence-electron chi connectivity index (χ0n) is 21.4. The monoisotopic (exact) mass is 522 g/mol. The van der Waals surface area contributed by atoms with E-state index in [1.165, 1.54) is 18.3 Å². The molecule has 0 unspecified atom stereocenters. The van der Waals surface area contributed by atoms with Crippen molar-refractivity contribution in [1.82, 2.24) is 5.43 Å². The van der Waals surface area contributed by atoms with Crippen molar-refractivity contribution in [3.05, 3.63) is 125 Å². The van der Waals surface area contributed by atoms with Crippen molar-refractivity contribution in [1.29, 1.82) is 0 Å². The number of rotatable bonds is 9. The summed E-state index contributed by atoms with van der Waals surface area (Å²) >= 11 is 0. The molecule has 196 valence electrons. The molecule has 0 bridgehead atoms. The predicted octanol–water partition coefficient (Wildman–Crippen LogP) is 5.27. The number of carbonyl (C=O) groups excluding carboxylic acids is 3. The van der Waals surface area contributed by atoms with E-state index in [2.05, 4.69) is 10.5 Å². The van der Waals surface area contributed by atoms with Crippen molar-refractivity contribution in [2.75, 3.05) is 6.61 Å². The first kappa shape index (κ1) is 26.8. The lowest BCUT2D eigenvalue weighted by Gasteiger charge is -2.11. The summed E-state index contributed by atoms with van der Waals surface area (Å²) in [5.74, 6) is -0.806. The van der Waals surface area contributed by atoms with Gasteiger partial charge < -0.3 is 14.2 Å². The van der Waals surface area contributed by atoms with E-state index >= 15 is 0 Å². The first-order chi connectivity index (χ1) is 18.9. The van der Waals surface area contributed by atoms with E-state index in [0.29, 0.717) is 22.4 Å². The standard InChI is InChI=1S/C31H26N2O6/c1-21-13-15-26(17-22(21)2)37-20-29(34)33-32-19-25-14-16-27(38-30(35)23-9-5-3-6-10-23)18-28(25)39-31(36)24-11-7-4-8-12-24/h3-19H,20H2,1-2H3,(H,33,34)/b32-19+. The van der Waals surface area contributed by atoms with Crippen LogP contribution in [-0.2, 0) is 4.79 Å². The molecular formula is C31H26N2O6. The Labute approximate surface area is 225 Å². The number of amides is 1. The number of carbonyl (C=O) groups is 3. The molecule has 0 saturated carbocycles. The highest BCUT2D eigenvalue weighted by Gasteiger charge is 2.15. The van der Waals surface area contributed by atoms with Crippen molar-refractivity contribution in [3.8, 4) is 17.2 Å². The van der Waals surface area contributed by atoms with Crippen molar-refractivity contribution in [2.24, 2.45) is 5.10 Å². The third-order valence-corrected chi connectivity index (χ3v) is 5.66. The van der Waals surface area contributed by atoms with Gasteiger partial charge in [0.25, 0.3) is 5.91 Å². The van der Waals surface area contributed by atoms with E-state index in [4.69, 9.17) is 14.2 Å². The SMILES string of the molecule is Cc1ccc(OCC(=O)N/N=C/c2ccc(OC(=O)c3ccccc3)cc2OC(=O)c2ccccc2)cc1C. The predicted molar refractivity (Wildman–Crippen MR) is 146 cm³/mol. The van der Waals surface area contributed by atoms with Gasteiger partial charge in [-0.1, -0.05) is 42.5 Å². The molecule has 39 heavy (non-hydrogen) atoms. The molecule has 4 aromatic carbocycles. The van der Waals surface area contributed by atoms with Crippen LogP contribution in [0.1, 0.15) is 37.4 Å². The lowest BCUT2D eigenvalue weighted by atomic mass is 10.1. The summed E-state index contributed by atoms with van der Waals surface area (Å²) in [5.41, 5.74) is 5.65. The number of hydrogen-bond acceptors (Lipinski definition) is 7. The molecule has 0 radical (unpaired) electrons. The highest BCUT2D eigenvalue weighted by molar-refractivity contribution is 5.94. The van der Waals surface area contributed by atoms with Crippen LogP contribution in [0.5, 0.6) is 17.2 Å². The average molecular weight is 523 g/mol. The van der Waals surface area contributed by atoms with Gasteiger partial charge in [0.2, 0.25) is 0 Å². The molecule has 4 aromatic rings. The lowest BCUT2D eigenvalue weighted by Crippen LogP contribution is -2.24. The number of nitrogens with one attached hydrogen (secondary N) is 1. The third kappa shape index (κ3) is 7.62. The molecular weight excluding hydrogens is 496 g/mol. The van der Waals surface area contributed by atoms with Gasteiger partial charge in [-0.25, -0.2) is 15.0 Å². The minimum absolute atomic E-state index is 0.0894. The molecule has 0 aliphatic heterocycles. The van der Waals surface area contributed by atoms with Gasteiger partial charge in [-0.3, -0.25) is 4.79 Å². The maximum atomic E-state index is 12.7. The molecule has 0 atom stereocenters. The second kappa shape index (κ2) is 12.8. The molecule has 8 nitrogen and oxygen atoms in total. The molecule has 1 amide bonds. The number of esters is 2. The fraction of sp³-hybridized carbons (Fsp3) is 0.0968. The first-order valence-corrected chi connectivity index (χ1v) is 12.1. The topological polar surface area (TPSA) is 103 Å². The van der Waals surface area contributed by atoms with Crippen LogP contribution in [0.2, 0.25) is 0 Å². The van der Waals surface area contributed by atoms with E-state index in [-0.39, 0.29) is 18.1 Å². The number of hydrogen-bond donors (Lipinski definition) is 1. The van der Waals surface area contributed by atoms with Crippen LogP contribution in [0.3, 0.4) is 0 Å². The summed E-state index contributed by atoms with van der Waals surface area (Å²) in [6, 6.07) is 27.0. The normalized spacial score (nSPS) is 10.6. The Bertz CT molecular complexity index is 1500. The van der Waals surface area contributed by atoms with Gasteiger partial charge in [-0.15, -0.1) is 0 Å². The minimum Gasteiger partial charge on any atom is -0.484 e. The van der Waals surface area contributed by atoms with Crippen LogP contribution in [-0.4, -0.2) is 30.7 Å². The van der Waals surface area contributed by atoms with Gasteiger partial charge in [0.05, 0.1) is 17.3 Å². The summed E-state index contributed by atoms with van der Waals surface area (Å²) in [7, 11) is 0. The Balaban J connectivity index is 1.46. The van der Waals surface area contributed by atoms with E-state index in [1.807, 2.05) is 26.0 Å². The fourth-order valence-corrected chi connectivity index (χ4v) is 3.41. The van der Waals surface area contributed by atoms with Crippen LogP contribution in [0, 0.1) is 13.8 Å². The average Bonchev–Trinajstić information content (AvgIpc) is 2.95. The number of hydrazone groups is 1. The second-order valence-electron chi connectivity index (χ2n) is 8.54. The van der Waals surface area contributed by atoms with Gasteiger partial charge in [0.1, 0.15) is 17.2 Å². The van der Waals surface area contributed by atoms with Crippen LogP contribution in [0.25, 0.3) is 0 Å². The summed E-state index contributed by atoms with van der Waals surface area (Å²) in [6.07, 6.45) is 1.32. The highest BCUT2D eigenvalue weighted by atomic mass is 16.5. The number of ether oxygens (including phenoxy) is 3. The Kier molecular flexibility index (Phi) is 8.82. The maximum absolute atomic E-state index is 12.7. The maximum Gasteiger partial charge on any atom is 0.343 e. The van der Waals surface area contributed by atoms with Gasteiger partial charge in [0.15, 0.2) is 6.61 Å². The summed E-state index contributed by atoms with van der Waals surface area (Å²) in [4.78, 5) is 37.4. The molecule has 0 aromatic heterocycles. The summed E-state index contributed by atoms with van der Waals surface area (Å²) < 4.78 is 16.6. The van der Waals surface area contributed by atoms with Gasteiger partial charge in [-0.2, -0.15) is 5.10 Å². The third-order valence-electron chi connectivity index (χ3n) is 5.66. The minimum atomic E-state index is -0.609.